The number of aromatic amines is 1. The third-order valence-electron chi connectivity index (χ3n) is 2.37. The predicted molar refractivity (Wildman–Crippen MR) is 57.7 cm³/mol. The first-order valence-electron chi connectivity index (χ1n) is 4.75. The van der Waals surface area contributed by atoms with Gasteiger partial charge in [0.05, 0.1) is 5.69 Å². The summed E-state index contributed by atoms with van der Waals surface area (Å²) in [5.74, 6) is -1.55. The molecule has 0 unspecified atom stereocenters. The van der Waals surface area contributed by atoms with Gasteiger partial charge in [0.15, 0.2) is 0 Å². The van der Waals surface area contributed by atoms with Crippen LogP contribution in [-0.2, 0) is 7.05 Å². The van der Waals surface area contributed by atoms with Crippen molar-refractivity contribution in [1.82, 2.24) is 9.55 Å². The number of aromatic nitrogens is 2. The van der Waals surface area contributed by atoms with Gasteiger partial charge < -0.3 is 0 Å². The molecule has 0 saturated heterocycles. The first-order valence-corrected chi connectivity index (χ1v) is 4.75. The lowest BCUT2D eigenvalue weighted by Gasteiger charge is -2.07. The van der Waals surface area contributed by atoms with Crippen molar-refractivity contribution >= 4 is 0 Å². The van der Waals surface area contributed by atoms with Gasteiger partial charge in [-0.3, -0.25) is 14.3 Å². The number of hydrogen-bond donors (Lipinski definition) is 1. The number of benzene rings is 1. The average molecular weight is 238 g/mol. The van der Waals surface area contributed by atoms with Crippen LogP contribution in [0.3, 0.4) is 0 Å². The van der Waals surface area contributed by atoms with Crippen LogP contribution >= 0.6 is 0 Å². The van der Waals surface area contributed by atoms with E-state index in [4.69, 9.17) is 0 Å². The summed E-state index contributed by atoms with van der Waals surface area (Å²) in [6.45, 7) is 0. The molecule has 88 valence electrons. The van der Waals surface area contributed by atoms with Gasteiger partial charge in [-0.25, -0.2) is 13.6 Å². The highest BCUT2D eigenvalue weighted by molar-refractivity contribution is 5.59. The maximum atomic E-state index is 13.5. The first-order chi connectivity index (χ1) is 7.99. The molecule has 0 saturated carbocycles. The molecule has 0 atom stereocenters. The quantitative estimate of drug-likeness (QED) is 0.806. The van der Waals surface area contributed by atoms with Gasteiger partial charge in [0.2, 0.25) is 0 Å². The van der Waals surface area contributed by atoms with Crippen LogP contribution in [0.4, 0.5) is 8.78 Å². The third-order valence-corrected chi connectivity index (χ3v) is 2.37. The summed E-state index contributed by atoms with van der Waals surface area (Å²) >= 11 is 0. The molecular formula is C11H8F2N2O2. The zero-order valence-electron chi connectivity index (χ0n) is 8.83. The fourth-order valence-corrected chi connectivity index (χ4v) is 1.51. The molecule has 0 aliphatic rings. The molecule has 6 heteroatoms. The molecule has 17 heavy (non-hydrogen) atoms. The van der Waals surface area contributed by atoms with E-state index in [9.17, 15) is 18.4 Å². The second-order valence-corrected chi connectivity index (χ2v) is 3.51. The average Bonchev–Trinajstić information content (AvgIpc) is 2.24. The number of halogens is 2. The Kier molecular flexibility index (Phi) is 2.63. The molecule has 0 radical (unpaired) electrons. The van der Waals surface area contributed by atoms with Crippen LogP contribution in [0.5, 0.6) is 0 Å². The Morgan fingerprint density at radius 1 is 1.18 bits per heavy atom. The van der Waals surface area contributed by atoms with E-state index < -0.39 is 22.9 Å². The lowest BCUT2D eigenvalue weighted by atomic mass is 10.1. The number of hydrogen-bond acceptors (Lipinski definition) is 2. The number of H-pyrrole nitrogens is 1. The Hall–Kier alpha value is -2.24. The number of rotatable bonds is 1. The maximum Gasteiger partial charge on any atom is 0.328 e. The Balaban J connectivity index is 2.77. The SMILES string of the molecule is Cn1c(-c2ccc(F)cc2F)cc(=O)[nH]c1=O. The van der Waals surface area contributed by atoms with Crippen molar-refractivity contribution in [3.63, 3.8) is 0 Å². The van der Waals surface area contributed by atoms with Crippen molar-refractivity contribution in [1.29, 1.82) is 0 Å². The lowest BCUT2D eigenvalue weighted by molar-refractivity contribution is 0.584. The van der Waals surface area contributed by atoms with Gasteiger partial charge in [-0.2, -0.15) is 0 Å². The molecule has 1 aromatic carbocycles. The Morgan fingerprint density at radius 2 is 1.88 bits per heavy atom. The molecule has 2 rings (SSSR count). The summed E-state index contributed by atoms with van der Waals surface area (Å²) < 4.78 is 27.3. The van der Waals surface area contributed by atoms with E-state index >= 15 is 0 Å². The fourth-order valence-electron chi connectivity index (χ4n) is 1.51. The zero-order chi connectivity index (χ0) is 12.6. The van der Waals surface area contributed by atoms with Crippen LogP contribution in [-0.4, -0.2) is 9.55 Å². The summed E-state index contributed by atoms with van der Waals surface area (Å²) in [6, 6.07) is 4.02. The van der Waals surface area contributed by atoms with Crippen molar-refractivity contribution in [3.8, 4) is 11.3 Å². The summed E-state index contributed by atoms with van der Waals surface area (Å²) in [6.07, 6.45) is 0. The van der Waals surface area contributed by atoms with Crippen LogP contribution in [0.15, 0.2) is 33.9 Å². The van der Waals surface area contributed by atoms with Crippen molar-refractivity contribution in [2.75, 3.05) is 0 Å². The molecule has 1 N–H and O–H groups in total. The Labute approximate surface area is 94.2 Å². The molecule has 4 nitrogen and oxygen atoms in total. The topological polar surface area (TPSA) is 54.9 Å². The van der Waals surface area contributed by atoms with Gasteiger partial charge in [0, 0.05) is 24.7 Å². The summed E-state index contributed by atoms with van der Waals surface area (Å²) in [4.78, 5) is 24.5. The normalized spacial score (nSPS) is 10.5. The van der Waals surface area contributed by atoms with E-state index in [1.54, 1.807) is 0 Å². The first kappa shape index (κ1) is 11.3. The van der Waals surface area contributed by atoms with Gasteiger partial charge in [-0.15, -0.1) is 0 Å². The highest BCUT2D eigenvalue weighted by atomic mass is 19.1. The van der Waals surface area contributed by atoms with Crippen molar-refractivity contribution in [3.05, 3.63) is 56.7 Å². The predicted octanol–water partition coefficient (Wildman–Crippen LogP) is 1.02. The Morgan fingerprint density at radius 3 is 2.53 bits per heavy atom. The van der Waals surface area contributed by atoms with Crippen LogP contribution in [0.1, 0.15) is 0 Å². The van der Waals surface area contributed by atoms with E-state index in [0.717, 1.165) is 16.7 Å². The monoisotopic (exact) mass is 238 g/mol. The lowest BCUT2D eigenvalue weighted by Crippen LogP contribution is -2.28. The van der Waals surface area contributed by atoms with Crippen LogP contribution in [0.25, 0.3) is 11.3 Å². The fraction of sp³-hybridized carbons (Fsp3) is 0.0909. The molecular weight excluding hydrogens is 230 g/mol. The maximum absolute atomic E-state index is 13.5. The van der Waals surface area contributed by atoms with Crippen LogP contribution in [0, 0.1) is 11.6 Å². The molecule has 0 fully saturated rings. The number of nitrogens with zero attached hydrogens (tertiary/aromatic N) is 1. The largest absolute Gasteiger partial charge is 0.328 e. The minimum Gasteiger partial charge on any atom is -0.296 e. The Bertz CT molecular complexity index is 689. The van der Waals surface area contributed by atoms with Crippen LogP contribution in [0.2, 0.25) is 0 Å². The van der Waals surface area contributed by atoms with Crippen molar-refractivity contribution in [2.24, 2.45) is 7.05 Å². The van der Waals surface area contributed by atoms with Gasteiger partial charge in [-0.1, -0.05) is 0 Å². The summed E-state index contributed by atoms with van der Waals surface area (Å²) in [5.41, 5.74) is -1.20. The molecule has 0 aliphatic heterocycles. The van der Waals surface area contributed by atoms with E-state index in [2.05, 4.69) is 0 Å². The van der Waals surface area contributed by atoms with Gasteiger partial charge >= 0.3 is 5.69 Å². The molecule has 1 heterocycles. The number of nitrogens with one attached hydrogen (secondary N) is 1. The highest BCUT2D eigenvalue weighted by Gasteiger charge is 2.10. The standard InChI is InChI=1S/C11H8F2N2O2/c1-15-9(5-10(16)14-11(15)17)7-3-2-6(12)4-8(7)13/h2-5H,1H3,(H,14,16,17). The van der Waals surface area contributed by atoms with E-state index in [1.165, 1.54) is 13.1 Å². The van der Waals surface area contributed by atoms with Gasteiger partial charge in [0.25, 0.3) is 5.56 Å². The van der Waals surface area contributed by atoms with Gasteiger partial charge in [0.1, 0.15) is 11.6 Å². The van der Waals surface area contributed by atoms with E-state index in [1.807, 2.05) is 4.98 Å². The molecule has 1 aromatic heterocycles. The van der Waals surface area contributed by atoms with E-state index in [-0.39, 0.29) is 11.3 Å². The second kappa shape index (κ2) is 3.97. The second-order valence-electron chi connectivity index (χ2n) is 3.51. The van der Waals surface area contributed by atoms with Crippen molar-refractivity contribution < 1.29 is 8.78 Å². The molecule has 0 spiro atoms. The highest BCUT2D eigenvalue weighted by Crippen LogP contribution is 2.20. The zero-order valence-corrected chi connectivity index (χ0v) is 8.83. The molecule has 0 bridgehead atoms. The molecule has 0 amide bonds. The summed E-state index contributed by atoms with van der Waals surface area (Å²) in [5, 5.41) is 0. The third kappa shape index (κ3) is 2.01. The van der Waals surface area contributed by atoms with E-state index in [0.29, 0.717) is 6.07 Å². The summed E-state index contributed by atoms with van der Waals surface area (Å²) in [7, 11) is 1.39. The van der Waals surface area contributed by atoms with Crippen LogP contribution < -0.4 is 11.2 Å². The minimum atomic E-state index is -0.828. The molecule has 2 aromatic rings. The molecule has 0 aliphatic carbocycles. The smallest absolute Gasteiger partial charge is 0.296 e. The minimum absolute atomic E-state index is 0.00269. The van der Waals surface area contributed by atoms with Crippen molar-refractivity contribution in [2.45, 2.75) is 0 Å². The van der Waals surface area contributed by atoms with Gasteiger partial charge in [-0.05, 0) is 12.1 Å².